The zero-order valence-electron chi connectivity index (χ0n) is 10.8. The van der Waals surface area contributed by atoms with Gasteiger partial charge < -0.3 is 4.74 Å². The van der Waals surface area contributed by atoms with Gasteiger partial charge in [0, 0.05) is 10.7 Å². The maximum absolute atomic E-state index is 12.1. The van der Waals surface area contributed by atoms with Crippen LogP contribution in [0.15, 0.2) is 53.4 Å². The third-order valence-corrected chi connectivity index (χ3v) is 4.11. The predicted octanol–water partition coefficient (Wildman–Crippen LogP) is 4.04. The second-order valence-corrected chi connectivity index (χ2v) is 6.25. The maximum Gasteiger partial charge on any atom is 0.573 e. The summed E-state index contributed by atoms with van der Waals surface area (Å²) in [5.74, 6) is -0.443. The van der Waals surface area contributed by atoms with Gasteiger partial charge in [-0.05, 0) is 48.5 Å². The van der Waals surface area contributed by atoms with Gasteiger partial charge in [-0.15, -0.1) is 13.2 Å². The Morgan fingerprint density at radius 3 is 2.00 bits per heavy atom. The molecule has 2 aromatic rings. The van der Waals surface area contributed by atoms with Gasteiger partial charge in [-0.1, -0.05) is 11.6 Å². The Hall–Kier alpha value is -1.93. The Morgan fingerprint density at radius 1 is 0.955 bits per heavy atom. The third kappa shape index (κ3) is 4.54. The minimum Gasteiger partial charge on any atom is -0.406 e. The molecule has 0 amide bonds. The molecule has 0 aromatic heterocycles. The molecule has 0 heterocycles. The van der Waals surface area contributed by atoms with Crippen molar-refractivity contribution in [2.45, 2.75) is 11.3 Å². The molecule has 0 radical (unpaired) electrons. The number of nitrogens with one attached hydrogen (secondary N) is 1. The molecule has 2 aromatic carbocycles. The largest absolute Gasteiger partial charge is 0.573 e. The van der Waals surface area contributed by atoms with Crippen LogP contribution in [-0.4, -0.2) is 14.8 Å². The molecule has 118 valence electrons. The molecule has 0 fully saturated rings. The highest BCUT2D eigenvalue weighted by atomic mass is 35.5. The van der Waals surface area contributed by atoms with Gasteiger partial charge in [0.2, 0.25) is 0 Å². The molecular formula is C13H9ClF3NO3S. The fraction of sp³-hybridized carbons (Fsp3) is 0.0769. The summed E-state index contributed by atoms with van der Waals surface area (Å²) >= 11 is 5.67. The molecule has 9 heteroatoms. The summed E-state index contributed by atoms with van der Waals surface area (Å²) in [5.41, 5.74) is 0.101. The van der Waals surface area contributed by atoms with Crippen molar-refractivity contribution in [1.82, 2.24) is 0 Å². The van der Waals surface area contributed by atoms with Crippen molar-refractivity contribution in [2.75, 3.05) is 4.72 Å². The second-order valence-electron chi connectivity index (χ2n) is 4.13. The summed E-state index contributed by atoms with van der Waals surface area (Å²) in [7, 11) is -3.85. The number of sulfonamides is 1. The Bertz CT molecular complexity index is 744. The number of ether oxygens (including phenoxy) is 1. The average Bonchev–Trinajstić information content (AvgIpc) is 2.39. The van der Waals surface area contributed by atoms with Crippen LogP contribution in [0.2, 0.25) is 5.02 Å². The second kappa shape index (κ2) is 6.05. The molecule has 0 aliphatic carbocycles. The summed E-state index contributed by atoms with van der Waals surface area (Å²) in [6.07, 6.45) is -4.80. The summed E-state index contributed by atoms with van der Waals surface area (Å²) in [5, 5.41) is 0.382. The Balaban J connectivity index is 2.14. The van der Waals surface area contributed by atoms with Crippen LogP contribution in [0, 0.1) is 0 Å². The average molecular weight is 352 g/mol. The van der Waals surface area contributed by atoms with E-state index in [-0.39, 0.29) is 10.6 Å². The van der Waals surface area contributed by atoms with Gasteiger partial charge >= 0.3 is 6.36 Å². The quantitative estimate of drug-likeness (QED) is 0.904. The van der Waals surface area contributed by atoms with E-state index in [0.29, 0.717) is 5.02 Å². The van der Waals surface area contributed by atoms with Crippen molar-refractivity contribution in [3.8, 4) is 5.75 Å². The number of halogens is 4. The fourth-order valence-corrected chi connectivity index (χ4v) is 2.74. The first-order valence-corrected chi connectivity index (χ1v) is 7.66. The smallest absolute Gasteiger partial charge is 0.406 e. The zero-order chi connectivity index (χ0) is 16.4. The molecule has 4 nitrogen and oxygen atoms in total. The van der Waals surface area contributed by atoms with Crippen LogP contribution in [-0.2, 0) is 10.0 Å². The van der Waals surface area contributed by atoms with Crippen molar-refractivity contribution in [3.05, 3.63) is 53.6 Å². The first kappa shape index (κ1) is 16.4. The number of rotatable bonds is 4. The van der Waals surface area contributed by atoms with Gasteiger partial charge in [0.1, 0.15) is 5.75 Å². The van der Waals surface area contributed by atoms with Crippen LogP contribution >= 0.6 is 11.6 Å². The highest BCUT2D eigenvalue weighted by Gasteiger charge is 2.31. The minimum atomic E-state index is -4.80. The number of alkyl halides is 3. The lowest BCUT2D eigenvalue weighted by Crippen LogP contribution is -2.17. The van der Waals surface area contributed by atoms with Crippen molar-refractivity contribution < 1.29 is 26.3 Å². The summed E-state index contributed by atoms with van der Waals surface area (Å²) in [6.45, 7) is 0. The fourth-order valence-electron chi connectivity index (χ4n) is 1.55. The van der Waals surface area contributed by atoms with E-state index < -0.39 is 22.1 Å². The molecule has 0 atom stereocenters. The summed E-state index contributed by atoms with van der Waals surface area (Å²) in [6, 6.07) is 9.79. The molecule has 0 aliphatic rings. The molecule has 2 rings (SSSR count). The zero-order valence-corrected chi connectivity index (χ0v) is 12.3. The van der Waals surface area contributed by atoms with Crippen molar-refractivity contribution in [2.24, 2.45) is 0 Å². The molecule has 0 aliphatic heterocycles. The SMILES string of the molecule is O=S(=O)(Nc1ccc(OC(F)(F)F)cc1)c1ccc(Cl)cc1. The van der Waals surface area contributed by atoms with Crippen LogP contribution in [0.25, 0.3) is 0 Å². The Labute approximate surface area is 129 Å². The molecule has 0 saturated carbocycles. The molecule has 0 bridgehead atoms. The van der Waals surface area contributed by atoms with Gasteiger partial charge in [0.25, 0.3) is 10.0 Å². The summed E-state index contributed by atoms with van der Waals surface area (Å²) in [4.78, 5) is -0.0208. The van der Waals surface area contributed by atoms with Gasteiger partial charge in [-0.3, -0.25) is 4.72 Å². The molecular weight excluding hydrogens is 343 g/mol. The van der Waals surface area contributed by atoms with Crippen molar-refractivity contribution in [1.29, 1.82) is 0 Å². The van der Waals surface area contributed by atoms with E-state index in [0.717, 1.165) is 24.3 Å². The van der Waals surface area contributed by atoms with Gasteiger partial charge in [0.15, 0.2) is 0 Å². The van der Waals surface area contributed by atoms with Crippen LogP contribution in [0.4, 0.5) is 18.9 Å². The monoisotopic (exact) mass is 351 g/mol. The number of hydrogen-bond acceptors (Lipinski definition) is 3. The topological polar surface area (TPSA) is 55.4 Å². The standard InChI is InChI=1S/C13H9ClF3NO3S/c14-9-1-7-12(8-2-9)22(19,20)18-10-3-5-11(6-4-10)21-13(15,16)17/h1-8,18H. The highest BCUT2D eigenvalue weighted by molar-refractivity contribution is 7.92. The van der Waals surface area contributed by atoms with Crippen LogP contribution in [0.5, 0.6) is 5.75 Å². The maximum atomic E-state index is 12.1. The third-order valence-electron chi connectivity index (χ3n) is 2.46. The summed E-state index contributed by atoms with van der Waals surface area (Å²) < 4.78 is 66.1. The molecule has 0 unspecified atom stereocenters. The Kier molecular flexibility index (Phi) is 4.52. The first-order chi connectivity index (χ1) is 10.2. The predicted molar refractivity (Wildman–Crippen MR) is 75.4 cm³/mol. The van der Waals surface area contributed by atoms with E-state index in [4.69, 9.17) is 11.6 Å². The van der Waals surface area contributed by atoms with Crippen molar-refractivity contribution in [3.63, 3.8) is 0 Å². The van der Waals surface area contributed by atoms with Gasteiger partial charge in [0.05, 0.1) is 4.90 Å². The van der Waals surface area contributed by atoms with E-state index in [2.05, 4.69) is 9.46 Å². The lowest BCUT2D eigenvalue weighted by molar-refractivity contribution is -0.274. The van der Waals surface area contributed by atoms with E-state index in [1.807, 2.05) is 0 Å². The molecule has 0 spiro atoms. The number of anilines is 1. The number of hydrogen-bond donors (Lipinski definition) is 1. The van der Waals surface area contributed by atoms with Crippen molar-refractivity contribution >= 4 is 27.3 Å². The van der Waals surface area contributed by atoms with E-state index >= 15 is 0 Å². The van der Waals surface area contributed by atoms with Gasteiger partial charge in [-0.2, -0.15) is 0 Å². The first-order valence-electron chi connectivity index (χ1n) is 5.80. The lowest BCUT2D eigenvalue weighted by Gasteiger charge is -2.11. The van der Waals surface area contributed by atoms with E-state index in [1.165, 1.54) is 24.3 Å². The highest BCUT2D eigenvalue weighted by Crippen LogP contribution is 2.25. The van der Waals surface area contributed by atoms with E-state index in [1.54, 1.807) is 0 Å². The molecule has 0 saturated heterocycles. The Morgan fingerprint density at radius 2 is 1.50 bits per heavy atom. The number of benzene rings is 2. The minimum absolute atomic E-state index is 0.0208. The normalized spacial score (nSPS) is 12.0. The van der Waals surface area contributed by atoms with Crippen LogP contribution < -0.4 is 9.46 Å². The van der Waals surface area contributed by atoms with Crippen LogP contribution in [0.3, 0.4) is 0 Å². The van der Waals surface area contributed by atoms with E-state index in [9.17, 15) is 21.6 Å². The molecule has 1 N–H and O–H groups in total. The lowest BCUT2D eigenvalue weighted by atomic mass is 10.3. The van der Waals surface area contributed by atoms with Crippen LogP contribution in [0.1, 0.15) is 0 Å². The van der Waals surface area contributed by atoms with Gasteiger partial charge in [-0.25, -0.2) is 8.42 Å². The molecule has 22 heavy (non-hydrogen) atoms.